The number of carboxylic acid groups (broad SMARTS) is 1. The first kappa shape index (κ1) is 21.7. The molecule has 1 saturated heterocycles. The second-order valence-corrected chi connectivity index (χ2v) is 10.4. The van der Waals surface area contributed by atoms with Gasteiger partial charge in [0.1, 0.15) is 5.75 Å². The average molecular weight is 437 g/mol. The van der Waals surface area contributed by atoms with Crippen LogP contribution in [0.25, 0.3) is 10.9 Å². The molecule has 2 saturated carbocycles. The molecule has 2 aliphatic carbocycles. The molecule has 5 nitrogen and oxygen atoms in total. The Labute approximate surface area is 191 Å². The van der Waals surface area contributed by atoms with E-state index in [1.165, 1.54) is 57.8 Å². The van der Waals surface area contributed by atoms with Crippen LogP contribution in [-0.2, 0) is 11.3 Å². The molecule has 1 aromatic heterocycles. The number of hydrogen-bond donors (Lipinski definition) is 1. The first-order chi connectivity index (χ1) is 15.6. The van der Waals surface area contributed by atoms with Crippen LogP contribution in [0.15, 0.2) is 30.3 Å². The van der Waals surface area contributed by atoms with E-state index in [1.54, 1.807) is 0 Å². The van der Waals surface area contributed by atoms with Crippen molar-refractivity contribution < 1.29 is 14.6 Å². The zero-order valence-electron chi connectivity index (χ0n) is 19.1. The summed E-state index contributed by atoms with van der Waals surface area (Å²) in [5.74, 6) is 0.118. The molecular weight excluding hydrogens is 400 g/mol. The number of benzene rings is 1. The molecule has 3 fully saturated rings. The lowest BCUT2D eigenvalue weighted by Gasteiger charge is -2.42. The Balaban J connectivity index is 1.17. The van der Waals surface area contributed by atoms with Gasteiger partial charge in [-0.15, -0.1) is 0 Å². The second kappa shape index (κ2) is 9.38. The number of piperidine rings is 1. The lowest BCUT2D eigenvalue weighted by atomic mass is 9.65. The van der Waals surface area contributed by atoms with Crippen LogP contribution >= 0.6 is 0 Å². The van der Waals surface area contributed by atoms with Crippen LogP contribution in [0, 0.1) is 11.3 Å². The normalized spacial score (nSPS) is 22.9. The summed E-state index contributed by atoms with van der Waals surface area (Å²) in [6.45, 7) is 2.43. The number of rotatable bonds is 5. The minimum atomic E-state index is -0.659. The predicted octanol–water partition coefficient (Wildman–Crippen LogP) is 5.80. The van der Waals surface area contributed by atoms with Crippen LogP contribution in [0.5, 0.6) is 5.75 Å². The molecule has 3 aliphatic rings. The average Bonchev–Trinajstić information content (AvgIpc) is 2.82. The minimum absolute atomic E-state index is 0.188. The molecule has 32 heavy (non-hydrogen) atoms. The van der Waals surface area contributed by atoms with E-state index >= 15 is 0 Å². The van der Waals surface area contributed by atoms with Gasteiger partial charge in [-0.05, 0) is 94.1 Å². The standard InChI is InChI=1S/C27H36N2O3/c30-26(31)20-10-16-29(17-11-20)19-22-5-4-21-18-24(6-7-25(21)28-22)32-23-8-14-27(15-9-23)12-2-1-3-13-27/h4-7,18,20,23H,1-3,8-17,19H2,(H,30,31). The first-order valence-electron chi connectivity index (χ1n) is 12.6. The van der Waals surface area contributed by atoms with Crippen molar-refractivity contribution in [2.24, 2.45) is 11.3 Å². The lowest BCUT2D eigenvalue weighted by Crippen LogP contribution is -2.36. The third kappa shape index (κ3) is 4.93. The van der Waals surface area contributed by atoms with E-state index in [4.69, 9.17) is 9.72 Å². The predicted molar refractivity (Wildman–Crippen MR) is 126 cm³/mol. The summed E-state index contributed by atoms with van der Waals surface area (Å²) in [6, 6.07) is 10.5. The molecule has 172 valence electrons. The molecule has 0 bridgehead atoms. The highest BCUT2D eigenvalue weighted by Gasteiger charge is 2.36. The van der Waals surface area contributed by atoms with Gasteiger partial charge in [-0.3, -0.25) is 14.7 Å². The van der Waals surface area contributed by atoms with Crippen LogP contribution in [0.4, 0.5) is 0 Å². The first-order valence-corrected chi connectivity index (χ1v) is 12.6. The summed E-state index contributed by atoms with van der Waals surface area (Å²) in [5, 5.41) is 10.3. The third-order valence-corrected chi connectivity index (χ3v) is 8.25. The molecule has 0 amide bonds. The molecule has 2 aromatic rings. The van der Waals surface area contributed by atoms with Crippen LogP contribution in [-0.4, -0.2) is 40.2 Å². The number of hydrogen-bond acceptors (Lipinski definition) is 4. The van der Waals surface area contributed by atoms with Gasteiger partial charge >= 0.3 is 5.97 Å². The van der Waals surface area contributed by atoms with E-state index in [2.05, 4.69) is 35.2 Å². The molecule has 1 aliphatic heterocycles. The zero-order valence-corrected chi connectivity index (χ0v) is 19.1. The molecular formula is C27H36N2O3. The molecule has 0 atom stereocenters. The number of carboxylic acids is 1. The number of aliphatic carboxylic acids is 1. The Morgan fingerprint density at radius 1 is 1.00 bits per heavy atom. The molecule has 5 heteroatoms. The molecule has 1 N–H and O–H groups in total. The van der Waals surface area contributed by atoms with Gasteiger partial charge in [0.25, 0.3) is 0 Å². The van der Waals surface area contributed by atoms with Gasteiger partial charge in [0.2, 0.25) is 0 Å². The van der Waals surface area contributed by atoms with Gasteiger partial charge in [-0.25, -0.2) is 0 Å². The quantitative estimate of drug-likeness (QED) is 0.641. The third-order valence-electron chi connectivity index (χ3n) is 8.25. The smallest absolute Gasteiger partial charge is 0.306 e. The Hall–Kier alpha value is -2.14. The van der Waals surface area contributed by atoms with Crippen LogP contribution in [0.2, 0.25) is 0 Å². The number of fused-ring (bicyclic) bond motifs is 1. The summed E-state index contributed by atoms with van der Waals surface area (Å²) in [7, 11) is 0. The van der Waals surface area contributed by atoms with Crippen molar-refractivity contribution in [2.45, 2.75) is 83.3 Å². The van der Waals surface area contributed by atoms with Crippen molar-refractivity contribution in [2.75, 3.05) is 13.1 Å². The van der Waals surface area contributed by atoms with Crippen molar-refractivity contribution in [1.82, 2.24) is 9.88 Å². The SMILES string of the molecule is O=C(O)C1CCN(Cc2ccc3cc(OC4CCC5(CCCCC5)CC4)ccc3n2)CC1. The van der Waals surface area contributed by atoms with E-state index in [0.29, 0.717) is 11.5 Å². The van der Waals surface area contributed by atoms with E-state index < -0.39 is 5.97 Å². The summed E-state index contributed by atoms with van der Waals surface area (Å²) < 4.78 is 6.39. The number of pyridine rings is 1. The summed E-state index contributed by atoms with van der Waals surface area (Å²) >= 11 is 0. The van der Waals surface area contributed by atoms with Gasteiger partial charge in [0.05, 0.1) is 23.2 Å². The highest BCUT2D eigenvalue weighted by atomic mass is 16.5. The van der Waals surface area contributed by atoms with Crippen LogP contribution in [0.1, 0.15) is 76.3 Å². The van der Waals surface area contributed by atoms with Crippen molar-refractivity contribution in [3.63, 3.8) is 0 Å². The van der Waals surface area contributed by atoms with E-state index in [0.717, 1.165) is 54.8 Å². The minimum Gasteiger partial charge on any atom is -0.490 e. The fraction of sp³-hybridized carbons (Fsp3) is 0.630. The topological polar surface area (TPSA) is 62.7 Å². The van der Waals surface area contributed by atoms with Gasteiger partial charge in [0.15, 0.2) is 0 Å². The van der Waals surface area contributed by atoms with Crippen LogP contribution in [0.3, 0.4) is 0 Å². The van der Waals surface area contributed by atoms with Crippen LogP contribution < -0.4 is 4.74 Å². The molecule has 0 unspecified atom stereocenters. The fourth-order valence-corrected chi connectivity index (χ4v) is 6.19. The second-order valence-electron chi connectivity index (χ2n) is 10.4. The summed E-state index contributed by atoms with van der Waals surface area (Å²) in [6.07, 6.45) is 14.0. The molecule has 1 spiro atoms. The van der Waals surface area contributed by atoms with Gasteiger partial charge in [-0.2, -0.15) is 0 Å². The number of carbonyl (C=O) groups is 1. The lowest BCUT2D eigenvalue weighted by molar-refractivity contribution is -0.143. The highest BCUT2D eigenvalue weighted by Crippen LogP contribution is 2.48. The van der Waals surface area contributed by atoms with Crippen molar-refractivity contribution >= 4 is 16.9 Å². The maximum absolute atomic E-state index is 11.1. The van der Waals surface area contributed by atoms with Crippen molar-refractivity contribution in [1.29, 1.82) is 0 Å². The largest absolute Gasteiger partial charge is 0.490 e. The number of aromatic nitrogens is 1. The number of likely N-dealkylation sites (tertiary alicyclic amines) is 1. The monoisotopic (exact) mass is 436 g/mol. The molecule has 2 heterocycles. The maximum Gasteiger partial charge on any atom is 0.306 e. The number of nitrogens with zero attached hydrogens (tertiary/aromatic N) is 2. The van der Waals surface area contributed by atoms with Gasteiger partial charge in [-0.1, -0.05) is 25.3 Å². The molecule has 1 aromatic carbocycles. The van der Waals surface area contributed by atoms with E-state index in [9.17, 15) is 9.90 Å². The van der Waals surface area contributed by atoms with Gasteiger partial charge in [0, 0.05) is 11.9 Å². The Kier molecular flexibility index (Phi) is 6.36. The fourth-order valence-electron chi connectivity index (χ4n) is 6.19. The molecule has 0 radical (unpaired) electrons. The maximum atomic E-state index is 11.1. The van der Waals surface area contributed by atoms with Crippen molar-refractivity contribution in [3.05, 3.63) is 36.0 Å². The Morgan fingerprint density at radius 2 is 1.75 bits per heavy atom. The highest BCUT2D eigenvalue weighted by molar-refractivity contribution is 5.80. The summed E-state index contributed by atoms with van der Waals surface area (Å²) in [5.41, 5.74) is 2.68. The molecule has 5 rings (SSSR count). The van der Waals surface area contributed by atoms with E-state index in [-0.39, 0.29) is 5.92 Å². The van der Waals surface area contributed by atoms with Crippen molar-refractivity contribution in [3.8, 4) is 5.75 Å². The Bertz CT molecular complexity index is 935. The Morgan fingerprint density at radius 3 is 2.47 bits per heavy atom. The van der Waals surface area contributed by atoms with E-state index in [1.807, 2.05) is 0 Å². The van der Waals surface area contributed by atoms with Gasteiger partial charge < -0.3 is 9.84 Å². The number of ether oxygens (including phenoxy) is 1. The summed E-state index contributed by atoms with van der Waals surface area (Å²) in [4.78, 5) is 18.3. The zero-order chi connectivity index (χ0) is 22.0.